The standard InChI is InChI=1S/C11H19N3O4/c1-2-6-5-8(6)14-11(18)13-7(10(16)17)3-4-9(12)15/h6-8H,2-5H2,1H3,(H2,12,15)(H,16,17)(H2,13,14,18)/t6?,7-,8?/m1/s1. The molecular weight excluding hydrogens is 238 g/mol. The fourth-order valence-corrected chi connectivity index (χ4v) is 1.79. The van der Waals surface area contributed by atoms with Crippen LogP contribution in [0.25, 0.3) is 0 Å². The van der Waals surface area contributed by atoms with E-state index in [-0.39, 0.29) is 18.9 Å². The van der Waals surface area contributed by atoms with E-state index < -0.39 is 23.9 Å². The molecule has 0 aromatic heterocycles. The van der Waals surface area contributed by atoms with Gasteiger partial charge in [-0.05, 0) is 18.8 Å². The van der Waals surface area contributed by atoms with E-state index in [4.69, 9.17) is 10.8 Å². The summed E-state index contributed by atoms with van der Waals surface area (Å²) in [5.74, 6) is -1.27. The first-order valence-electron chi connectivity index (χ1n) is 6.02. The molecule has 3 atom stereocenters. The second kappa shape index (κ2) is 6.23. The van der Waals surface area contributed by atoms with Crippen LogP contribution in [0.1, 0.15) is 32.6 Å². The molecule has 1 aliphatic rings. The lowest BCUT2D eigenvalue weighted by Gasteiger charge is -2.14. The minimum Gasteiger partial charge on any atom is -0.480 e. The Hall–Kier alpha value is -1.79. The summed E-state index contributed by atoms with van der Waals surface area (Å²) in [6.45, 7) is 2.04. The summed E-state index contributed by atoms with van der Waals surface area (Å²) in [4.78, 5) is 33.0. The van der Waals surface area contributed by atoms with E-state index in [1.165, 1.54) is 0 Å². The van der Waals surface area contributed by atoms with Crippen LogP contribution in [0.4, 0.5) is 4.79 Å². The molecule has 0 heterocycles. The van der Waals surface area contributed by atoms with Gasteiger partial charge in [-0.2, -0.15) is 0 Å². The molecule has 1 rings (SSSR count). The van der Waals surface area contributed by atoms with Crippen molar-refractivity contribution in [2.45, 2.75) is 44.7 Å². The van der Waals surface area contributed by atoms with E-state index in [0.29, 0.717) is 5.92 Å². The molecule has 1 saturated carbocycles. The van der Waals surface area contributed by atoms with Crippen LogP contribution in [0.5, 0.6) is 0 Å². The Morgan fingerprint density at radius 3 is 2.56 bits per heavy atom. The number of hydrogen-bond acceptors (Lipinski definition) is 3. The van der Waals surface area contributed by atoms with Crippen LogP contribution in [-0.4, -0.2) is 35.1 Å². The van der Waals surface area contributed by atoms with Crippen LogP contribution in [0.15, 0.2) is 0 Å². The second-order valence-electron chi connectivity index (χ2n) is 4.52. The summed E-state index contributed by atoms with van der Waals surface area (Å²) < 4.78 is 0. The van der Waals surface area contributed by atoms with Crippen LogP contribution in [0.3, 0.4) is 0 Å². The first kappa shape index (κ1) is 14.3. The normalized spacial score (nSPS) is 22.9. The Balaban J connectivity index is 2.33. The van der Waals surface area contributed by atoms with Crippen molar-refractivity contribution >= 4 is 17.9 Å². The third kappa shape index (κ3) is 4.60. The van der Waals surface area contributed by atoms with Gasteiger partial charge in [-0.15, -0.1) is 0 Å². The van der Waals surface area contributed by atoms with E-state index >= 15 is 0 Å². The molecule has 7 nitrogen and oxygen atoms in total. The third-order valence-corrected chi connectivity index (χ3v) is 3.05. The van der Waals surface area contributed by atoms with Gasteiger partial charge in [0.05, 0.1) is 0 Å². The summed E-state index contributed by atoms with van der Waals surface area (Å²) in [5, 5.41) is 13.9. The lowest BCUT2D eigenvalue weighted by atomic mass is 10.1. The Labute approximate surface area is 105 Å². The molecule has 3 amide bonds. The molecule has 0 bridgehead atoms. The third-order valence-electron chi connectivity index (χ3n) is 3.05. The molecule has 0 aromatic carbocycles. The number of carboxylic acids is 1. The smallest absolute Gasteiger partial charge is 0.326 e. The number of carboxylic acid groups (broad SMARTS) is 1. The number of hydrogen-bond donors (Lipinski definition) is 4. The zero-order chi connectivity index (χ0) is 13.7. The van der Waals surface area contributed by atoms with Gasteiger partial charge in [0.25, 0.3) is 0 Å². The molecule has 0 aliphatic heterocycles. The molecule has 0 radical (unpaired) electrons. The zero-order valence-electron chi connectivity index (χ0n) is 10.3. The van der Waals surface area contributed by atoms with Crippen molar-refractivity contribution in [3.05, 3.63) is 0 Å². The lowest BCUT2D eigenvalue weighted by Crippen LogP contribution is -2.47. The van der Waals surface area contributed by atoms with Gasteiger partial charge in [0.2, 0.25) is 5.91 Å². The van der Waals surface area contributed by atoms with Crippen molar-refractivity contribution < 1.29 is 19.5 Å². The predicted octanol–water partition coefficient (Wildman–Crippen LogP) is -0.197. The van der Waals surface area contributed by atoms with Crippen molar-refractivity contribution in [3.63, 3.8) is 0 Å². The van der Waals surface area contributed by atoms with Gasteiger partial charge < -0.3 is 21.5 Å². The predicted molar refractivity (Wildman–Crippen MR) is 63.7 cm³/mol. The van der Waals surface area contributed by atoms with Gasteiger partial charge in [0.15, 0.2) is 0 Å². The highest BCUT2D eigenvalue weighted by Gasteiger charge is 2.36. The maximum Gasteiger partial charge on any atom is 0.326 e. The van der Waals surface area contributed by atoms with Crippen molar-refractivity contribution in [2.24, 2.45) is 11.7 Å². The highest BCUT2D eigenvalue weighted by atomic mass is 16.4. The molecule has 2 unspecified atom stereocenters. The van der Waals surface area contributed by atoms with Gasteiger partial charge in [-0.25, -0.2) is 9.59 Å². The molecule has 0 saturated heterocycles. The molecular formula is C11H19N3O4. The molecule has 7 heteroatoms. The summed E-state index contributed by atoms with van der Waals surface area (Å²) >= 11 is 0. The second-order valence-corrected chi connectivity index (χ2v) is 4.52. The van der Waals surface area contributed by atoms with Crippen LogP contribution in [0.2, 0.25) is 0 Å². The first-order valence-corrected chi connectivity index (χ1v) is 6.02. The fourth-order valence-electron chi connectivity index (χ4n) is 1.79. The first-order chi connectivity index (χ1) is 8.43. The average molecular weight is 257 g/mol. The summed E-state index contributed by atoms with van der Waals surface area (Å²) in [5.41, 5.74) is 4.94. The van der Waals surface area contributed by atoms with Gasteiger partial charge in [0.1, 0.15) is 6.04 Å². The summed E-state index contributed by atoms with van der Waals surface area (Å²) in [6, 6.07) is -1.45. The van der Waals surface area contributed by atoms with Crippen molar-refractivity contribution in [1.82, 2.24) is 10.6 Å². The lowest BCUT2D eigenvalue weighted by molar-refractivity contribution is -0.139. The van der Waals surface area contributed by atoms with Gasteiger partial charge in [-0.1, -0.05) is 13.3 Å². The molecule has 0 spiro atoms. The summed E-state index contributed by atoms with van der Waals surface area (Å²) in [6.07, 6.45) is 1.86. The summed E-state index contributed by atoms with van der Waals surface area (Å²) in [7, 11) is 0. The average Bonchev–Trinajstić information content (AvgIpc) is 3.01. The maximum atomic E-state index is 11.5. The topological polar surface area (TPSA) is 122 Å². The number of amides is 3. The number of aliphatic carboxylic acids is 1. The zero-order valence-corrected chi connectivity index (χ0v) is 10.3. The molecule has 102 valence electrons. The van der Waals surface area contributed by atoms with E-state index in [2.05, 4.69) is 10.6 Å². The van der Waals surface area contributed by atoms with Crippen LogP contribution < -0.4 is 16.4 Å². The van der Waals surface area contributed by atoms with Crippen LogP contribution in [-0.2, 0) is 9.59 Å². The minimum atomic E-state index is -1.17. The highest BCUT2D eigenvalue weighted by Crippen LogP contribution is 2.32. The highest BCUT2D eigenvalue weighted by molar-refractivity contribution is 5.83. The Kier molecular flexibility index (Phi) is 4.94. The number of primary amides is 1. The minimum absolute atomic E-state index is 0.0000400. The van der Waals surface area contributed by atoms with Gasteiger partial charge >= 0.3 is 12.0 Å². The van der Waals surface area contributed by atoms with Gasteiger partial charge in [-0.3, -0.25) is 4.79 Å². The molecule has 5 N–H and O–H groups in total. The van der Waals surface area contributed by atoms with Gasteiger partial charge in [0, 0.05) is 12.5 Å². The largest absolute Gasteiger partial charge is 0.480 e. The van der Waals surface area contributed by atoms with E-state index in [1.807, 2.05) is 6.92 Å². The number of urea groups is 1. The van der Waals surface area contributed by atoms with Crippen LogP contribution in [0, 0.1) is 5.92 Å². The van der Waals surface area contributed by atoms with E-state index in [1.54, 1.807) is 0 Å². The van der Waals surface area contributed by atoms with Crippen molar-refractivity contribution in [2.75, 3.05) is 0 Å². The molecule has 1 fully saturated rings. The SMILES string of the molecule is CCC1CC1NC(=O)N[C@H](CCC(N)=O)C(=O)O. The Bertz CT molecular complexity index is 345. The quantitative estimate of drug-likeness (QED) is 0.504. The number of rotatable bonds is 7. The Morgan fingerprint density at radius 2 is 2.11 bits per heavy atom. The number of carbonyl (C=O) groups excluding carboxylic acids is 2. The Morgan fingerprint density at radius 1 is 1.44 bits per heavy atom. The monoisotopic (exact) mass is 257 g/mol. The molecule has 0 aromatic rings. The maximum absolute atomic E-state index is 11.5. The number of nitrogens with one attached hydrogen (secondary N) is 2. The van der Waals surface area contributed by atoms with Crippen molar-refractivity contribution in [3.8, 4) is 0 Å². The van der Waals surface area contributed by atoms with Crippen LogP contribution >= 0.6 is 0 Å². The molecule has 1 aliphatic carbocycles. The van der Waals surface area contributed by atoms with Crippen molar-refractivity contribution in [1.29, 1.82) is 0 Å². The van der Waals surface area contributed by atoms with E-state index in [9.17, 15) is 14.4 Å². The number of nitrogens with two attached hydrogens (primary N) is 1. The number of carbonyl (C=O) groups is 3. The van der Waals surface area contributed by atoms with E-state index in [0.717, 1.165) is 12.8 Å². The molecule has 18 heavy (non-hydrogen) atoms. The fraction of sp³-hybridized carbons (Fsp3) is 0.727.